The van der Waals surface area contributed by atoms with E-state index in [0.29, 0.717) is 17.4 Å². The Labute approximate surface area is 80.3 Å². The van der Waals surface area contributed by atoms with E-state index in [0.717, 1.165) is 12.8 Å². The van der Waals surface area contributed by atoms with Crippen LogP contribution in [0.4, 0.5) is 0 Å². The molecule has 3 unspecified atom stereocenters. The molecule has 76 valence electrons. The van der Waals surface area contributed by atoms with Gasteiger partial charge in [-0.15, -0.1) is 0 Å². The predicted molar refractivity (Wildman–Crippen MR) is 51.2 cm³/mol. The molecule has 0 amide bonds. The zero-order valence-corrected chi connectivity index (χ0v) is 8.62. The maximum atomic E-state index is 9.40. The molecule has 1 aliphatic carbocycles. The van der Waals surface area contributed by atoms with Gasteiger partial charge in [-0.2, -0.15) is 0 Å². The van der Waals surface area contributed by atoms with Crippen molar-refractivity contribution in [2.75, 3.05) is 0 Å². The smallest absolute Gasteiger partial charge is 0.155 e. The zero-order valence-electron chi connectivity index (χ0n) is 8.62. The summed E-state index contributed by atoms with van der Waals surface area (Å²) in [5, 5.41) is 9.40. The molecule has 0 bridgehead atoms. The summed E-state index contributed by atoms with van der Waals surface area (Å²) < 4.78 is 5.49. The molecule has 1 N–H and O–H groups in total. The predicted octanol–water partition coefficient (Wildman–Crippen LogP) is 2.31. The maximum Gasteiger partial charge on any atom is 0.155 e. The van der Waals surface area contributed by atoms with Crippen molar-refractivity contribution in [1.29, 1.82) is 0 Å². The van der Waals surface area contributed by atoms with Crippen molar-refractivity contribution in [3.8, 4) is 0 Å². The molecule has 0 aromatic carbocycles. The molecular weight excluding hydrogens is 164 g/mol. The molecule has 1 aliphatic heterocycles. The Kier molecular flexibility index (Phi) is 2.37. The van der Waals surface area contributed by atoms with Crippen molar-refractivity contribution >= 4 is 0 Å². The van der Waals surface area contributed by atoms with Crippen molar-refractivity contribution in [1.82, 2.24) is 0 Å². The van der Waals surface area contributed by atoms with Gasteiger partial charge in [0.05, 0.1) is 6.10 Å². The summed E-state index contributed by atoms with van der Waals surface area (Å²) in [4.78, 5) is 0. The van der Waals surface area contributed by atoms with Gasteiger partial charge < -0.3 is 9.84 Å². The van der Waals surface area contributed by atoms with Crippen molar-refractivity contribution < 1.29 is 9.84 Å². The largest absolute Gasteiger partial charge is 0.368 e. The van der Waals surface area contributed by atoms with Crippen molar-refractivity contribution in [2.45, 2.75) is 58.3 Å². The summed E-state index contributed by atoms with van der Waals surface area (Å²) in [7, 11) is 0. The van der Waals surface area contributed by atoms with Crippen molar-refractivity contribution in [3.05, 3.63) is 0 Å². The van der Waals surface area contributed by atoms with Crippen LogP contribution >= 0.6 is 0 Å². The van der Waals surface area contributed by atoms with Gasteiger partial charge in [-0.1, -0.05) is 20.3 Å². The van der Waals surface area contributed by atoms with Crippen LogP contribution in [0.2, 0.25) is 0 Å². The highest BCUT2D eigenvalue weighted by atomic mass is 16.6. The fourth-order valence-corrected chi connectivity index (χ4v) is 2.89. The zero-order chi connectivity index (χ0) is 9.47. The quantitative estimate of drug-likeness (QED) is 0.626. The fraction of sp³-hybridized carbons (Fsp3) is 1.00. The van der Waals surface area contributed by atoms with E-state index < -0.39 is 6.29 Å². The Bertz CT molecular complexity index is 189. The lowest BCUT2D eigenvalue weighted by Gasteiger charge is -2.25. The summed E-state index contributed by atoms with van der Waals surface area (Å²) in [6.45, 7) is 4.67. The van der Waals surface area contributed by atoms with Crippen LogP contribution in [-0.4, -0.2) is 17.5 Å². The van der Waals surface area contributed by atoms with E-state index >= 15 is 0 Å². The second-order valence-electron chi connectivity index (χ2n) is 5.39. The van der Waals surface area contributed by atoms with E-state index in [-0.39, 0.29) is 0 Å². The Morgan fingerprint density at radius 1 is 1.38 bits per heavy atom. The molecule has 2 aliphatic rings. The van der Waals surface area contributed by atoms with Crippen molar-refractivity contribution in [3.63, 3.8) is 0 Å². The average Bonchev–Trinajstić information content (AvgIpc) is 2.23. The first-order valence-electron chi connectivity index (χ1n) is 5.40. The second kappa shape index (κ2) is 3.25. The minimum Gasteiger partial charge on any atom is -0.368 e. The number of hydrogen-bond acceptors (Lipinski definition) is 2. The summed E-state index contributed by atoms with van der Waals surface area (Å²) in [5.41, 5.74) is 0.451. The molecule has 0 radical (unpaired) electrons. The highest BCUT2D eigenvalue weighted by Gasteiger charge is 2.39. The summed E-state index contributed by atoms with van der Waals surface area (Å²) in [5.74, 6) is 0.604. The first kappa shape index (κ1) is 9.47. The minimum atomic E-state index is -0.483. The average molecular weight is 184 g/mol. The Hall–Kier alpha value is -0.0800. The highest BCUT2D eigenvalue weighted by molar-refractivity contribution is 4.87. The molecular formula is C11H20O2. The SMILES string of the molecule is CC1(C)CCCC2OC(O)CC2C1. The lowest BCUT2D eigenvalue weighted by molar-refractivity contribution is -0.0934. The number of rotatable bonds is 0. The molecule has 13 heavy (non-hydrogen) atoms. The first-order chi connectivity index (χ1) is 6.07. The molecule has 1 heterocycles. The minimum absolute atomic E-state index is 0.344. The van der Waals surface area contributed by atoms with Crippen LogP contribution in [0.1, 0.15) is 46.0 Å². The van der Waals surface area contributed by atoms with Crippen LogP contribution in [0.15, 0.2) is 0 Å². The van der Waals surface area contributed by atoms with Crippen LogP contribution in [0, 0.1) is 11.3 Å². The Morgan fingerprint density at radius 2 is 2.15 bits per heavy atom. The molecule has 3 atom stereocenters. The highest BCUT2D eigenvalue weighted by Crippen LogP contribution is 2.43. The van der Waals surface area contributed by atoms with Gasteiger partial charge >= 0.3 is 0 Å². The normalized spacial score (nSPS) is 44.1. The van der Waals surface area contributed by atoms with E-state index in [1.807, 2.05) is 0 Å². The van der Waals surface area contributed by atoms with Gasteiger partial charge in [0.25, 0.3) is 0 Å². The number of aliphatic hydroxyl groups is 1. The Balaban J connectivity index is 2.05. The van der Waals surface area contributed by atoms with Crippen LogP contribution in [0.3, 0.4) is 0 Å². The van der Waals surface area contributed by atoms with Gasteiger partial charge in [-0.3, -0.25) is 0 Å². The van der Waals surface area contributed by atoms with E-state index in [1.165, 1.54) is 19.3 Å². The molecule has 2 heteroatoms. The number of aliphatic hydroxyl groups excluding tert-OH is 1. The second-order valence-corrected chi connectivity index (χ2v) is 5.39. The summed E-state index contributed by atoms with van der Waals surface area (Å²) in [6, 6.07) is 0. The number of fused-ring (bicyclic) bond motifs is 1. The third-order valence-corrected chi connectivity index (χ3v) is 3.52. The lowest BCUT2D eigenvalue weighted by atomic mass is 9.80. The van der Waals surface area contributed by atoms with Gasteiger partial charge in [0.1, 0.15) is 0 Å². The first-order valence-corrected chi connectivity index (χ1v) is 5.40. The van der Waals surface area contributed by atoms with E-state index in [4.69, 9.17) is 4.74 Å². The fourth-order valence-electron chi connectivity index (χ4n) is 2.89. The van der Waals surface area contributed by atoms with Crippen LogP contribution in [0.5, 0.6) is 0 Å². The van der Waals surface area contributed by atoms with Gasteiger partial charge in [0.2, 0.25) is 0 Å². The summed E-state index contributed by atoms with van der Waals surface area (Å²) in [6.07, 6.45) is 5.63. The van der Waals surface area contributed by atoms with Gasteiger partial charge in [0.15, 0.2) is 6.29 Å². The molecule has 0 aromatic heterocycles. The molecule has 1 saturated carbocycles. The van der Waals surface area contributed by atoms with E-state index in [1.54, 1.807) is 0 Å². The standard InChI is InChI=1S/C11H20O2/c1-11(2)5-3-4-9-8(7-11)6-10(12)13-9/h8-10,12H,3-7H2,1-2H3. The lowest BCUT2D eigenvalue weighted by Crippen LogP contribution is -2.18. The maximum absolute atomic E-state index is 9.40. The van der Waals surface area contributed by atoms with Crippen LogP contribution in [0.25, 0.3) is 0 Å². The molecule has 2 rings (SSSR count). The number of ether oxygens (including phenoxy) is 1. The van der Waals surface area contributed by atoms with E-state index in [9.17, 15) is 5.11 Å². The molecule has 2 nitrogen and oxygen atoms in total. The van der Waals surface area contributed by atoms with Gasteiger partial charge in [-0.05, 0) is 30.6 Å². The molecule has 1 saturated heterocycles. The summed E-state index contributed by atoms with van der Waals surface area (Å²) >= 11 is 0. The van der Waals surface area contributed by atoms with Crippen LogP contribution in [-0.2, 0) is 4.74 Å². The molecule has 2 fully saturated rings. The molecule has 0 spiro atoms. The monoisotopic (exact) mass is 184 g/mol. The molecule has 0 aromatic rings. The number of hydrogen-bond donors (Lipinski definition) is 1. The third kappa shape index (κ3) is 2.05. The van der Waals surface area contributed by atoms with Crippen molar-refractivity contribution in [2.24, 2.45) is 11.3 Å². The Morgan fingerprint density at radius 3 is 2.92 bits per heavy atom. The van der Waals surface area contributed by atoms with Crippen LogP contribution < -0.4 is 0 Å². The third-order valence-electron chi connectivity index (χ3n) is 3.52. The van der Waals surface area contributed by atoms with Gasteiger partial charge in [0, 0.05) is 6.42 Å². The van der Waals surface area contributed by atoms with E-state index in [2.05, 4.69) is 13.8 Å². The topological polar surface area (TPSA) is 29.5 Å². The van der Waals surface area contributed by atoms with Gasteiger partial charge in [-0.25, -0.2) is 0 Å².